The van der Waals surface area contributed by atoms with E-state index in [1.807, 2.05) is 64.1 Å². The number of aromatic nitrogens is 2. The van der Waals surface area contributed by atoms with Gasteiger partial charge in [0.2, 0.25) is 5.82 Å². The van der Waals surface area contributed by atoms with Gasteiger partial charge < -0.3 is 14.8 Å². The standard InChI is InChI=1S/C21H23N3O4/c1-5-26-17-10-9-16(11-14(17)3)20-21(24-28-23-20)22-19(25)12-27-18-8-6-7-13(2)15(18)4/h6-11H,5,12H2,1-4H3,(H,22,24,25). The number of carbonyl (C=O) groups is 1. The van der Waals surface area contributed by atoms with Crippen LogP contribution in [-0.4, -0.2) is 29.4 Å². The summed E-state index contributed by atoms with van der Waals surface area (Å²) in [4.78, 5) is 12.3. The van der Waals surface area contributed by atoms with Gasteiger partial charge >= 0.3 is 0 Å². The average molecular weight is 381 g/mol. The van der Waals surface area contributed by atoms with Gasteiger partial charge in [0.1, 0.15) is 11.5 Å². The largest absolute Gasteiger partial charge is 0.494 e. The van der Waals surface area contributed by atoms with Crippen LogP contribution >= 0.6 is 0 Å². The molecule has 3 aromatic rings. The minimum atomic E-state index is -0.347. The lowest BCUT2D eigenvalue weighted by atomic mass is 10.1. The Balaban J connectivity index is 1.69. The molecule has 0 aliphatic rings. The van der Waals surface area contributed by atoms with Gasteiger partial charge in [-0.1, -0.05) is 12.1 Å². The highest BCUT2D eigenvalue weighted by molar-refractivity contribution is 5.94. The van der Waals surface area contributed by atoms with Gasteiger partial charge in [0.15, 0.2) is 12.3 Å². The van der Waals surface area contributed by atoms with Gasteiger partial charge in [0.05, 0.1) is 6.61 Å². The number of hydrogen-bond acceptors (Lipinski definition) is 6. The number of ether oxygens (including phenoxy) is 2. The van der Waals surface area contributed by atoms with Crippen LogP contribution in [0.4, 0.5) is 5.82 Å². The lowest BCUT2D eigenvalue weighted by molar-refractivity contribution is -0.118. The number of nitrogens with one attached hydrogen (secondary N) is 1. The number of benzene rings is 2. The normalized spacial score (nSPS) is 10.6. The van der Waals surface area contributed by atoms with Gasteiger partial charge in [-0.15, -0.1) is 0 Å². The van der Waals surface area contributed by atoms with Crippen molar-refractivity contribution in [3.8, 4) is 22.8 Å². The van der Waals surface area contributed by atoms with Gasteiger partial charge in [0, 0.05) is 5.56 Å². The van der Waals surface area contributed by atoms with E-state index < -0.39 is 0 Å². The summed E-state index contributed by atoms with van der Waals surface area (Å²) in [5, 5.41) is 10.4. The van der Waals surface area contributed by atoms with Crippen LogP contribution in [0.1, 0.15) is 23.6 Å². The summed E-state index contributed by atoms with van der Waals surface area (Å²) in [6.45, 7) is 8.28. The van der Waals surface area contributed by atoms with Gasteiger partial charge in [-0.3, -0.25) is 4.79 Å². The highest BCUT2D eigenvalue weighted by Crippen LogP contribution is 2.29. The van der Waals surface area contributed by atoms with Crippen molar-refractivity contribution in [3.63, 3.8) is 0 Å². The van der Waals surface area contributed by atoms with Crippen LogP contribution in [0.15, 0.2) is 41.0 Å². The number of carbonyl (C=O) groups excluding carboxylic acids is 1. The van der Waals surface area contributed by atoms with Crippen molar-refractivity contribution < 1.29 is 18.9 Å². The molecule has 0 atom stereocenters. The Hall–Kier alpha value is -3.35. The first kappa shape index (κ1) is 19.4. The van der Waals surface area contributed by atoms with E-state index in [4.69, 9.17) is 14.1 Å². The molecule has 1 heterocycles. The van der Waals surface area contributed by atoms with E-state index in [0.717, 1.165) is 28.0 Å². The molecule has 146 valence electrons. The molecule has 0 saturated heterocycles. The summed E-state index contributed by atoms with van der Waals surface area (Å²) in [6, 6.07) is 11.3. The monoisotopic (exact) mass is 381 g/mol. The van der Waals surface area contributed by atoms with E-state index in [1.54, 1.807) is 0 Å². The van der Waals surface area contributed by atoms with Crippen LogP contribution in [0.3, 0.4) is 0 Å². The van der Waals surface area contributed by atoms with E-state index in [9.17, 15) is 4.79 Å². The zero-order chi connectivity index (χ0) is 20.1. The summed E-state index contributed by atoms with van der Waals surface area (Å²) in [5.74, 6) is 1.38. The topological polar surface area (TPSA) is 86.5 Å². The second-order valence-electron chi connectivity index (χ2n) is 6.41. The van der Waals surface area contributed by atoms with E-state index in [2.05, 4.69) is 15.6 Å². The Bertz CT molecular complexity index is 982. The van der Waals surface area contributed by atoms with Crippen LogP contribution in [0.5, 0.6) is 11.5 Å². The van der Waals surface area contributed by atoms with Gasteiger partial charge in [0.25, 0.3) is 5.91 Å². The van der Waals surface area contributed by atoms with Crippen LogP contribution < -0.4 is 14.8 Å². The zero-order valence-electron chi connectivity index (χ0n) is 16.4. The molecule has 0 spiro atoms. The van der Waals surface area contributed by atoms with Crippen molar-refractivity contribution in [1.29, 1.82) is 0 Å². The van der Waals surface area contributed by atoms with Crippen LogP contribution in [0, 0.1) is 20.8 Å². The number of aryl methyl sites for hydroxylation is 2. The molecule has 0 saturated carbocycles. The van der Waals surface area contributed by atoms with Crippen LogP contribution in [0.2, 0.25) is 0 Å². The molecule has 1 amide bonds. The van der Waals surface area contributed by atoms with Crippen molar-refractivity contribution >= 4 is 11.7 Å². The summed E-state index contributed by atoms with van der Waals surface area (Å²) in [6.07, 6.45) is 0. The third kappa shape index (κ3) is 4.31. The lowest BCUT2D eigenvalue weighted by Crippen LogP contribution is -2.21. The molecule has 0 bridgehead atoms. The fraction of sp³-hybridized carbons (Fsp3) is 0.286. The molecule has 0 aliphatic heterocycles. The van der Waals surface area contributed by atoms with Crippen molar-refractivity contribution in [3.05, 3.63) is 53.1 Å². The Labute approximate surface area is 163 Å². The number of anilines is 1. The minimum Gasteiger partial charge on any atom is -0.494 e. The second kappa shape index (κ2) is 8.56. The van der Waals surface area contributed by atoms with Crippen molar-refractivity contribution in [2.24, 2.45) is 0 Å². The first-order valence-electron chi connectivity index (χ1n) is 9.04. The average Bonchev–Trinajstić information content (AvgIpc) is 3.13. The molecule has 7 heteroatoms. The van der Waals surface area contributed by atoms with Crippen molar-refractivity contribution in [2.75, 3.05) is 18.5 Å². The molecule has 0 fully saturated rings. The maximum atomic E-state index is 12.3. The molecule has 28 heavy (non-hydrogen) atoms. The lowest BCUT2D eigenvalue weighted by Gasteiger charge is -2.11. The Morgan fingerprint density at radius 1 is 1.04 bits per heavy atom. The third-order valence-corrected chi connectivity index (χ3v) is 4.41. The molecular weight excluding hydrogens is 358 g/mol. The van der Waals surface area contributed by atoms with Crippen LogP contribution in [0.25, 0.3) is 11.3 Å². The summed E-state index contributed by atoms with van der Waals surface area (Å²) >= 11 is 0. The second-order valence-corrected chi connectivity index (χ2v) is 6.41. The quantitative estimate of drug-likeness (QED) is 0.664. The smallest absolute Gasteiger partial charge is 0.263 e. The molecule has 0 radical (unpaired) electrons. The van der Waals surface area contributed by atoms with Crippen molar-refractivity contribution in [2.45, 2.75) is 27.7 Å². The summed E-state index contributed by atoms with van der Waals surface area (Å²) in [5.41, 5.74) is 4.28. The third-order valence-electron chi connectivity index (χ3n) is 4.41. The molecule has 1 N–H and O–H groups in total. The van der Waals surface area contributed by atoms with E-state index in [-0.39, 0.29) is 18.3 Å². The van der Waals surface area contributed by atoms with Gasteiger partial charge in [-0.25, -0.2) is 4.63 Å². The number of nitrogens with zero attached hydrogens (tertiary/aromatic N) is 2. The zero-order valence-corrected chi connectivity index (χ0v) is 16.4. The van der Waals surface area contributed by atoms with E-state index in [1.165, 1.54) is 0 Å². The number of amides is 1. The predicted molar refractivity (Wildman–Crippen MR) is 106 cm³/mol. The fourth-order valence-corrected chi connectivity index (χ4v) is 2.77. The first-order valence-corrected chi connectivity index (χ1v) is 9.04. The Morgan fingerprint density at radius 3 is 2.61 bits per heavy atom. The van der Waals surface area contributed by atoms with Crippen molar-refractivity contribution in [1.82, 2.24) is 10.3 Å². The summed E-state index contributed by atoms with van der Waals surface area (Å²) < 4.78 is 16.0. The maximum absolute atomic E-state index is 12.3. The molecule has 2 aromatic carbocycles. The SMILES string of the molecule is CCOc1ccc(-c2nonc2NC(=O)COc2cccc(C)c2C)cc1C. The first-order chi connectivity index (χ1) is 13.5. The van der Waals surface area contributed by atoms with Crippen LogP contribution in [-0.2, 0) is 4.79 Å². The van der Waals surface area contributed by atoms with Gasteiger partial charge in [-0.2, -0.15) is 0 Å². The molecule has 7 nitrogen and oxygen atoms in total. The molecule has 0 unspecified atom stereocenters. The van der Waals surface area contributed by atoms with E-state index >= 15 is 0 Å². The van der Waals surface area contributed by atoms with E-state index in [0.29, 0.717) is 18.1 Å². The van der Waals surface area contributed by atoms with Gasteiger partial charge in [-0.05, 0) is 79.0 Å². The molecule has 1 aromatic heterocycles. The highest BCUT2D eigenvalue weighted by atomic mass is 16.6. The molecular formula is C21H23N3O4. The number of rotatable bonds is 7. The molecule has 0 aliphatic carbocycles. The minimum absolute atomic E-state index is 0.140. The Morgan fingerprint density at radius 2 is 1.86 bits per heavy atom. The fourth-order valence-electron chi connectivity index (χ4n) is 2.77. The maximum Gasteiger partial charge on any atom is 0.263 e. The summed E-state index contributed by atoms with van der Waals surface area (Å²) in [7, 11) is 0. The number of hydrogen-bond donors (Lipinski definition) is 1. The predicted octanol–water partition coefficient (Wildman–Crippen LogP) is 4.08. The molecule has 3 rings (SSSR count). The Kier molecular flexibility index (Phi) is 5.93. The highest BCUT2D eigenvalue weighted by Gasteiger charge is 2.17.